The molecule has 0 saturated carbocycles. The average molecular weight is 465 g/mol. The molecule has 1 heterocycles. The van der Waals surface area contributed by atoms with Gasteiger partial charge in [-0.15, -0.1) is 0 Å². The first-order chi connectivity index (χ1) is 17.2. The smallest absolute Gasteiger partial charge is 0.119 e. The molecule has 1 atom stereocenters. The van der Waals surface area contributed by atoms with Crippen molar-refractivity contribution in [2.75, 3.05) is 13.7 Å². The number of nitrogens with zero attached hydrogens (tertiary/aromatic N) is 2. The number of imidazole rings is 1. The van der Waals surface area contributed by atoms with Crippen molar-refractivity contribution >= 4 is 21.8 Å². The lowest BCUT2D eigenvalue weighted by Gasteiger charge is -2.16. The molecule has 4 nitrogen and oxygen atoms in total. The summed E-state index contributed by atoms with van der Waals surface area (Å²) in [5.41, 5.74) is 4.79. The number of methoxy groups -OCH3 is 1. The lowest BCUT2D eigenvalue weighted by atomic mass is 9.97. The Hall–Kier alpha value is -3.79. The van der Waals surface area contributed by atoms with E-state index in [1.165, 1.54) is 27.4 Å². The Balaban J connectivity index is 1.37. The van der Waals surface area contributed by atoms with E-state index in [2.05, 4.69) is 97.3 Å². The van der Waals surface area contributed by atoms with Gasteiger partial charge in [0.1, 0.15) is 17.3 Å². The molecule has 5 aromatic rings. The highest BCUT2D eigenvalue weighted by Gasteiger charge is 2.18. The van der Waals surface area contributed by atoms with Crippen LogP contribution in [-0.2, 0) is 13.0 Å². The Morgan fingerprint density at radius 2 is 1.60 bits per heavy atom. The van der Waals surface area contributed by atoms with Crippen LogP contribution < -0.4 is 9.47 Å². The first-order valence-electron chi connectivity index (χ1n) is 12.4. The third-order valence-electron chi connectivity index (χ3n) is 6.77. The van der Waals surface area contributed by atoms with Crippen molar-refractivity contribution in [1.82, 2.24) is 9.55 Å². The predicted molar refractivity (Wildman–Crippen MR) is 144 cm³/mol. The van der Waals surface area contributed by atoms with Gasteiger partial charge in [0.15, 0.2) is 0 Å². The van der Waals surface area contributed by atoms with E-state index >= 15 is 0 Å². The van der Waals surface area contributed by atoms with Crippen LogP contribution >= 0.6 is 0 Å². The van der Waals surface area contributed by atoms with Crippen LogP contribution in [0.4, 0.5) is 0 Å². The molecule has 0 aliphatic carbocycles. The molecular formula is C31H32N2O2. The topological polar surface area (TPSA) is 36.3 Å². The van der Waals surface area contributed by atoms with E-state index in [1.54, 1.807) is 7.11 Å². The van der Waals surface area contributed by atoms with Crippen LogP contribution in [0.1, 0.15) is 43.1 Å². The quantitative estimate of drug-likeness (QED) is 0.214. The van der Waals surface area contributed by atoms with Gasteiger partial charge in [-0.1, -0.05) is 62.4 Å². The van der Waals surface area contributed by atoms with Gasteiger partial charge in [0, 0.05) is 12.5 Å². The number of hydrogen-bond donors (Lipinski definition) is 0. The molecule has 0 amide bonds. The Morgan fingerprint density at radius 1 is 0.857 bits per heavy atom. The standard InChI is InChI=1S/C31H32N2O2/c1-4-23-10-15-27(16-11-23)35-19-7-18-33-30-9-6-5-8-29(30)32-31(33)22(2)24-12-13-26-21-28(34-3)17-14-25(26)20-24/h5-6,8-17,20-22H,4,7,18-19H2,1-3H3. The highest BCUT2D eigenvalue weighted by Crippen LogP contribution is 2.30. The minimum absolute atomic E-state index is 0.163. The molecule has 0 bridgehead atoms. The average Bonchev–Trinajstić information content (AvgIpc) is 3.29. The van der Waals surface area contributed by atoms with Crippen molar-refractivity contribution in [3.8, 4) is 11.5 Å². The third-order valence-corrected chi connectivity index (χ3v) is 6.77. The molecule has 0 N–H and O–H groups in total. The Bertz CT molecular complexity index is 1440. The van der Waals surface area contributed by atoms with Gasteiger partial charge < -0.3 is 14.0 Å². The highest BCUT2D eigenvalue weighted by atomic mass is 16.5. The Kier molecular flexibility index (Phi) is 6.71. The van der Waals surface area contributed by atoms with Crippen LogP contribution in [0.25, 0.3) is 21.8 Å². The molecule has 178 valence electrons. The molecule has 0 radical (unpaired) electrons. The summed E-state index contributed by atoms with van der Waals surface area (Å²) in [6.07, 6.45) is 1.95. The summed E-state index contributed by atoms with van der Waals surface area (Å²) in [6, 6.07) is 29.7. The van der Waals surface area contributed by atoms with Gasteiger partial charge in [0.25, 0.3) is 0 Å². The first-order valence-corrected chi connectivity index (χ1v) is 12.4. The van der Waals surface area contributed by atoms with Gasteiger partial charge in [-0.25, -0.2) is 4.98 Å². The Morgan fingerprint density at radius 3 is 2.40 bits per heavy atom. The minimum atomic E-state index is 0.163. The largest absolute Gasteiger partial charge is 0.497 e. The second kappa shape index (κ2) is 10.2. The van der Waals surface area contributed by atoms with Crippen LogP contribution in [0.15, 0.2) is 84.9 Å². The molecule has 0 aliphatic rings. The van der Waals surface area contributed by atoms with E-state index in [1.807, 2.05) is 6.07 Å². The maximum atomic E-state index is 6.02. The zero-order chi connectivity index (χ0) is 24.2. The molecule has 1 unspecified atom stereocenters. The second-order valence-electron chi connectivity index (χ2n) is 9.00. The summed E-state index contributed by atoms with van der Waals surface area (Å²) in [4.78, 5) is 5.05. The number of aryl methyl sites for hydroxylation is 2. The molecule has 0 aliphatic heterocycles. The van der Waals surface area contributed by atoms with Crippen molar-refractivity contribution in [1.29, 1.82) is 0 Å². The molecule has 0 fully saturated rings. The number of benzene rings is 4. The van der Waals surface area contributed by atoms with Crippen molar-refractivity contribution in [3.63, 3.8) is 0 Å². The Labute approximate surface area is 207 Å². The lowest BCUT2D eigenvalue weighted by Crippen LogP contribution is -2.11. The highest BCUT2D eigenvalue weighted by molar-refractivity contribution is 5.85. The van der Waals surface area contributed by atoms with Crippen molar-refractivity contribution in [3.05, 3.63) is 102 Å². The summed E-state index contributed by atoms with van der Waals surface area (Å²) in [6.45, 7) is 5.94. The van der Waals surface area contributed by atoms with Crippen molar-refractivity contribution in [2.24, 2.45) is 0 Å². The van der Waals surface area contributed by atoms with E-state index < -0.39 is 0 Å². The van der Waals surface area contributed by atoms with E-state index in [9.17, 15) is 0 Å². The maximum Gasteiger partial charge on any atom is 0.119 e. The van der Waals surface area contributed by atoms with E-state index in [0.717, 1.165) is 42.2 Å². The van der Waals surface area contributed by atoms with Crippen LogP contribution in [0, 0.1) is 0 Å². The summed E-state index contributed by atoms with van der Waals surface area (Å²) in [5, 5.41) is 2.39. The number of aromatic nitrogens is 2. The SMILES string of the molecule is CCc1ccc(OCCCn2c(C(C)c3ccc4cc(OC)ccc4c3)nc3ccccc32)cc1. The lowest BCUT2D eigenvalue weighted by molar-refractivity contribution is 0.301. The summed E-state index contributed by atoms with van der Waals surface area (Å²) >= 11 is 0. The number of ether oxygens (including phenoxy) is 2. The molecule has 4 heteroatoms. The van der Waals surface area contributed by atoms with E-state index in [0.29, 0.717) is 6.61 Å². The molecule has 5 rings (SSSR count). The monoisotopic (exact) mass is 464 g/mol. The fourth-order valence-electron chi connectivity index (χ4n) is 4.68. The first kappa shape index (κ1) is 23.0. The summed E-state index contributed by atoms with van der Waals surface area (Å²) < 4.78 is 13.8. The number of para-hydroxylation sites is 2. The zero-order valence-electron chi connectivity index (χ0n) is 20.7. The van der Waals surface area contributed by atoms with Gasteiger partial charge in [0.05, 0.1) is 24.8 Å². The normalized spacial score (nSPS) is 12.2. The van der Waals surface area contributed by atoms with Crippen molar-refractivity contribution in [2.45, 2.75) is 39.2 Å². The van der Waals surface area contributed by atoms with Crippen LogP contribution in [0.2, 0.25) is 0 Å². The van der Waals surface area contributed by atoms with E-state index in [4.69, 9.17) is 14.5 Å². The number of hydrogen-bond acceptors (Lipinski definition) is 3. The molecule has 1 aromatic heterocycles. The fraction of sp³-hybridized carbons (Fsp3) is 0.258. The van der Waals surface area contributed by atoms with E-state index in [-0.39, 0.29) is 5.92 Å². The predicted octanol–water partition coefficient (Wildman–Crippen LogP) is 7.38. The second-order valence-corrected chi connectivity index (χ2v) is 9.00. The fourth-order valence-corrected chi connectivity index (χ4v) is 4.68. The van der Waals surface area contributed by atoms with Gasteiger partial charge in [-0.2, -0.15) is 0 Å². The molecule has 0 saturated heterocycles. The van der Waals surface area contributed by atoms with Crippen LogP contribution in [0.3, 0.4) is 0 Å². The van der Waals surface area contributed by atoms with Crippen LogP contribution in [0.5, 0.6) is 11.5 Å². The number of rotatable bonds is 9. The third kappa shape index (κ3) is 4.88. The summed E-state index contributed by atoms with van der Waals surface area (Å²) in [7, 11) is 1.70. The van der Waals surface area contributed by atoms with Gasteiger partial charge in [0.2, 0.25) is 0 Å². The molecular weight excluding hydrogens is 432 g/mol. The van der Waals surface area contributed by atoms with Gasteiger partial charge in [-0.05, 0) is 71.1 Å². The molecule has 35 heavy (non-hydrogen) atoms. The molecule has 4 aromatic carbocycles. The minimum Gasteiger partial charge on any atom is -0.497 e. The maximum absolute atomic E-state index is 6.02. The zero-order valence-corrected chi connectivity index (χ0v) is 20.7. The van der Waals surface area contributed by atoms with Gasteiger partial charge in [-0.3, -0.25) is 0 Å². The molecule has 0 spiro atoms. The van der Waals surface area contributed by atoms with Crippen molar-refractivity contribution < 1.29 is 9.47 Å². The summed E-state index contributed by atoms with van der Waals surface area (Å²) in [5.74, 6) is 3.06. The number of fused-ring (bicyclic) bond motifs is 2. The van der Waals surface area contributed by atoms with Crippen LogP contribution in [-0.4, -0.2) is 23.3 Å². The van der Waals surface area contributed by atoms with Gasteiger partial charge >= 0.3 is 0 Å².